The Labute approximate surface area is 178 Å². The van der Waals surface area contributed by atoms with Crippen molar-refractivity contribution in [2.45, 2.75) is 25.9 Å². The number of carbonyl (C=O) groups is 1. The van der Waals surface area contributed by atoms with E-state index in [0.717, 1.165) is 27.4 Å². The van der Waals surface area contributed by atoms with E-state index in [0.29, 0.717) is 13.1 Å². The van der Waals surface area contributed by atoms with Gasteiger partial charge < -0.3 is 9.80 Å². The molecule has 0 aliphatic heterocycles. The van der Waals surface area contributed by atoms with Crippen molar-refractivity contribution in [1.82, 2.24) is 14.7 Å². The molecule has 1 heterocycles. The lowest BCUT2D eigenvalue weighted by molar-refractivity contribution is -0.885. The molecular weight excluding hydrogens is 374 g/mol. The minimum Gasteiger partial charge on any atom is -0.326 e. The van der Waals surface area contributed by atoms with Gasteiger partial charge in [-0.2, -0.15) is 10.4 Å². The fourth-order valence-corrected chi connectivity index (χ4v) is 3.24. The highest BCUT2D eigenvalue weighted by Gasteiger charge is 2.29. The molecule has 1 aromatic heterocycles. The van der Waals surface area contributed by atoms with Gasteiger partial charge in [0.2, 0.25) is 0 Å². The second kappa shape index (κ2) is 8.93. The second-order valence-corrected chi connectivity index (χ2v) is 8.08. The molecule has 0 bridgehead atoms. The normalized spacial score (nSPS) is 12.2. The molecule has 154 valence electrons. The molecule has 0 spiro atoms. The third-order valence-electron chi connectivity index (χ3n) is 5.29. The van der Waals surface area contributed by atoms with Crippen molar-refractivity contribution in [3.8, 4) is 23.0 Å². The van der Waals surface area contributed by atoms with Crippen molar-refractivity contribution in [2.24, 2.45) is 0 Å². The lowest BCUT2D eigenvalue weighted by Crippen LogP contribution is -3.09. The summed E-state index contributed by atoms with van der Waals surface area (Å²) >= 11 is 0. The van der Waals surface area contributed by atoms with E-state index in [-0.39, 0.29) is 5.91 Å². The van der Waals surface area contributed by atoms with Gasteiger partial charge in [0.05, 0.1) is 24.4 Å². The maximum Gasteiger partial charge on any atom is 0.278 e. The smallest absolute Gasteiger partial charge is 0.278 e. The average molecular weight is 403 g/mol. The zero-order chi connectivity index (χ0) is 21.7. The largest absolute Gasteiger partial charge is 0.326 e. The van der Waals surface area contributed by atoms with Crippen molar-refractivity contribution in [3.63, 3.8) is 0 Å². The summed E-state index contributed by atoms with van der Waals surface area (Å²) in [5.74, 6) is -0.0595. The molecule has 0 aliphatic carbocycles. The molecule has 30 heavy (non-hydrogen) atoms. The number of amides is 1. The third kappa shape index (κ3) is 4.76. The number of nitrogens with one attached hydrogen (secondary N) is 1. The van der Waals surface area contributed by atoms with Crippen LogP contribution in [-0.4, -0.2) is 46.8 Å². The summed E-state index contributed by atoms with van der Waals surface area (Å²) in [6.45, 7) is 4.44. The zero-order valence-corrected chi connectivity index (χ0v) is 18.0. The second-order valence-electron chi connectivity index (χ2n) is 8.08. The van der Waals surface area contributed by atoms with Gasteiger partial charge in [-0.3, -0.25) is 4.79 Å². The van der Waals surface area contributed by atoms with Crippen LogP contribution in [0.2, 0.25) is 0 Å². The maximum atomic E-state index is 12.7. The zero-order valence-electron chi connectivity index (χ0n) is 18.0. The highest BCUT2D eigenvalue weighted by Crippen LogP contribution is 2.23. The minimum absolute atomic E-state index is 0.0595. The first-order valence-electron chi connectivity index (χ1n) is 10.0. The Morgan fingerprint density at radius 3 is 2.33 bits per heavy atom. The van der Waals surface area contributed by atoms with Crippen LogP contribution in [0, 0.1) is 11.3 Å². The number of aromatic nitrogens is 2. The van der Waals surface area contributed by atoms with Gasteiger partial charge in [0, 0.05) is 18.8 Å². The molecule has 1 unspecified atom stereocenters. The van der Waals surface area contributed by atoms with Crippen LogP contribution in [0.25, 0.3) is 16.9 Å². The number of nitrogens with zero attached hydrogens (tertiary/aromatic N) is 4. The Kier molecular flexibility index (Phi) is 6.34. The lowest BCUT2D eigenvalue weighted by atomic mass is 10.1. The summed E-state index contributed by atoms with van der Waals surface area (Å²) in [5.41, 5.74) is 3.19. The topological polar surface area (TPSA) is 66.4 Å². The van der Waals surface area contributed by atoms with Crippen LogP contribution in [0.3, 0.4) is 0 Å². The van der Waals surface area contributed by atoms with Crippen molar-refractivity contribution < 1.29 is 9.69 Å². The number of likely N-dealkylation sites (N-methyl/N-ethyl adjacent to an activating group) is 2. The van der Waals surface area contributed by atoms with Crippen molar-refractivity contribution in [1.29, 1.82) is 5.26 Å². The Hall–Kier alpha value is -3.43. The monoisotopic (exact) mass is 402 g/mol. The molecule has 6 heteroatoms. The summed E-state index contributed by atoms with van der Waals surface area (Å²) in [5, 5.41) is 14.1. The van der Waals surface area contributed by atoms with E-state index in [1.165, 1.54) is 4.90 Å². The van der Waals surface area contributed by atoms with E-state index in [1.807, 2.05) is 78.6 Å². The van der Waals surface area contributed by atoms with Crippen LogP contribution in [0.4, 0.5) is 0 Å². The standard InChI is InChI=1S/C24H27N5O/c1-24(2,18-25)28(4)22(30)17-27(3)15-20-16-29(21-13-9-6-10-14-21)26-23(20)19-11-7-5-8-12-19/h5-14,16H,15,17H2,1-4H3/p+1. The van der Waals surface area contributed by atoms with Gasteiger partial charge in [-0.15, -0.1) is 0 Å². The molecule has 6 nitrogen and oxygen atoms in total. The number of hydrogen-bond acceptors (Lipinski definition) is 3. The minimum atomic E-state index is -0.829. The Morgan fingerprint density at radius 1 is 1.13 bits per heavy atom. The molecule has 1 N–H and O–H groups in total. The Balaban J connectivity index is 1.85. The van der Waals surface area contributed by atoms with E-state index in [2.05, 4.69) is 6.07 Å². The molecule has 0 fully saturated rings. The van der Waals surface area contributed by atoms with Crippen molar-refractivity contribution in [3.05, 3.63) is 72.4 Å². The van der Waals surface area contributed by atoms with E-state index < -0.39 is 5.54 Å². The van der Waals surface area contributed by atoms with E-state index >= 15 is 0 Å². The van der Waals surface area contributed by atoms with Crippen LogP contribution in [0.5, 0.6) is 0 Å². The highest BCUT2D eigenvalue weighted by atomic mass is 16.2. The van der Waals surface area contributed by atoms with Crippen molar-refractivity contribution in [2.75, 3.05) is 20.6 Å². The summed E-state index contributed by atoms with van der Waals surface area (Å²) in [4.78, 5) is 15.2. The number of carbonyl (C=O) groups excluding carboxylic acids is 1. The molecule has 1 amide bonds. The van der Waals surface area contributed by atoms with E-state index in [4.69, 9.17) is 5.10 Å². The van der Waals surface area contributed by atoms with Gasteiger partial charge in [0.1, 0.15) is 17.8 Å². The first kappa shape index (κ1) is 21.3. The molecule has 0 radical (unpaired) electrons. The van der Waals surface area contributed by atoms with Gasteiger partial charge in [0.15, 0.2) is 6.54 Å². The molecule has 0 aliphatic rings. The van der Waals surface area contributed by atoms with Gasteiger partial charge in [-0.25, -0.2) is 4.68 Å². The number of hydrogen-bond donors (Lipinski definition) is 1. The highest BCUT2D eigenvalue weighted by molar-refractivity contribution is 5.78. The number of quaternary nitrogens is 1. The number of nitriles is 1. The summed E-state index contributed by atoms with van der Waals surface area (Å²) < 4.78 is 1.89. The molecular formula is C24H28N5O+. The average Bonchev–Trinajstić information content (AvgIpc) is 3.17. The molecule has 0 saturated heterocycles. The van der Waals surface area contributed by atoms with Crippen LogP contribution in [0.15, 0.2) is 66.9 Å². The Morgan fingerprint density at radius 2 is 1.73 bits per heavy atom. The van der Waals surface area contributed by atoms with Gasteiger partial charge in [-0.1, -0.05) is 48.5 Å². The van der Waals surface area contributed by atoms with Gasteiger partial charge in [-0.05, 0) is 26.0 Å². The fourth-order valence-electron chi connectivity index (χ4n) is 3.24. The Bertz CT molecular complexity index is 1030. The summed E-state index contributed by atoms with van der Waals surface area (Å²) in [6.07, 6.45) is 2.04. The van der Waals surface area contributed by atoms with Crippen LogP contribution >= 0.6 is 0 Å². The van der Waals surface area contributed by atoms with Gasteiger partial charge in [0.25, 0.3) is 5.91 Å². The molecule has 0 saturated carbocycles. The SMILES string of the molecule is CN(C(=O)C[NH+](C)Cc1cn(-c2ccccc2)nc1-c1ccccc1)C(C)(C)C#N. The molecule has 1 atom stereocenters. The number of rotatable bonds is 7. The lowest BCUT2D eigenvalue weighted by Gasteiger charge is -2.29. The molecule has 2 aromatic carbocycles. The number of para-hydroxylation sites is 1. The third-order valence-corrected chi connectivity index (χ3v) is 5.29. The fraction of sp³-hybridized carbons (Fsp3) is 0.292. The first-order chi connectivity index (χ1) is 14.3. The van der Waals surface area contributed by atoms with Crippen molar-refractivity contribution >= 4 is 5.91 Å². The maximum absolute atomic E-state index is 12.7. The number of benzene rings is 2. The quantitative estimate of drug-likeness (QED) is 0.660. The van der Waals surface area contributed by atoms with Crippen LogP contribution in [0.1, 0.15) is 19.4 Å². The van der Waals surface area contributed by atoms with Gasteiger partial charge >= 0.3 is 0 Å². The van der Waals surface area contributed by atoms with Crippen LogP contribution in [-0.2, 0) is 11.3 Å². The molecule has 3 aromatic rings. The van der Waals surface area contributed by atoms with E-state index in [1.54, 1.807) is 20.9 Å². The van der Waals surface area contributed by atoms with Crippen LogP contribution < -0.4 is 4.90 Å². The predicted octanol–water partition coefficient (Wildman–Crippen LogP) is 2.31. The predicted molar refractivity (Wildman–Crippen MR) is 117 cm³/mol. The first-order valence-corrected chi connectivity index (χ1v) is 10.0. The summed E-state index contributed by atoms with van der Waals surface area (Å²) in [6, 6.07) is 22.3. The molecule has 3 rings (SSSR count). The summed E-state index contributed by atoms with van der Waals surface area (Å²) in [7, 11) is 3.67. The van der Waals surface area contributed by atoms with E-state index in [9.17, 15) is 10.1 Å².